The lowest BCUT2D eigenvalue weighted by Crippen LogP contribution is -2.26. The predicted molar refractivity (Wildman–Crippen MR) is 83.9 cm³/mol. The lowest BCUT2D eigenvalue weighted by molar-refractivity contribution is -0.116. The number of nitrogens with zero attached hydrogens (tertiary/aromatic N) is 2. The molecule has 2 rings (SSSR count). The van der Waals surface area contributed by atoms with Crippen LogP contribution in [0.3, 0.4) is 0 Å². The van der Waals surface area contributed by atoms with Crippen molar-refractivity contribution >= 4 is 11.6 Å². The lowest BCUT2D eigenvalue weighted by atomic mass is 10.0. The number of rotatable bonds is 6. The molecule has 1 unspecified atom stereocenters. The number of anilines is 1. The van der Waals surface area contributed by atoms with Crippen LogP contribution in [-0.2, 0) is 4.79 Å². The number of amides is 1. The number of hydrogen-bond acceptors (Lipinski definition) is 3. The minimum Gasteiger partial charge on any atom is -0.326 e. The molecule has 0 saturated carbocycles. The third-order valence-electron chi connectivity index (χ3n) is 4.00. The number of benzene rings is 1. The SMILES string of the molecule is CCCC1CCN(CCC(=O)Nc2cccc(C#N)c2)C1. The summed E-state index contributed by atoms with van der Waals surface area (Å²) < 4.78 is 0. The summed E-state index contributed by atoms with van der Waals surface area (Å²) in [6.07, 6.45) is 4.31. The van der Waals surface area contributed by atoms with E-state index in [4.69, 9.17) is 5.26 Å². The van der Waals surface area contributed by atoms with E-state index < -0.39 is 0 Å². The maximum atomic E-state index is 12.0. The van der Waals surface area contributed by atoms with Crippen molar-refractivity contribution in [3.63, 3.8) is 0 Å². The second-order valence-corrected chi connectivity index (χ2v) is 5.73. The first-order valence-corrected chi connectivity index (χ1v) is 7.73. The van der Waals surface area contributed by atoms with Crippen molar-refractivity contribution in [1.29, 1.82) is 5.26 Å². The van der Waals surface area contributed by atoms with Gasteiger partial charge in [0.15, 0.2) is 0 Å². The van der Waals surface area contributed by atoms with Gasteiger partial charge in [-0.1, -0.05) is 19.4 Å². The number of hydrogen-bond donors (Lipinski definition) is 1. The molecule has 0 aliphatic carbocycles. The van der Waals surface area contributed by atoms with Crippen molar-refractivity contribution in [3.05, 3.63) is 29.8 Å². The molecule has 1 N–H and O–H groups in total. The Morgan fingerprint density at radius 2 is 2.38 bits per heavy atom. The highest BCUT2D eigenvalue weighted by atomic mass is 16.1. The van der Waals surface area contributed by atoms with Crippen LogP contribution in [-0.4, -0.2) is 30.4 Å². The summed E-state index contributed by atoms with van der Waals surface area (Å²) >= 11 is 0. The summed E-state index contributed by atoms with van der Waals surface area (Å²) in [5.74, 6) is 0.828. The fourth-order valence-corrected chi connectivity index (χ4v) is 2.91. The Morgan fingerprint density at radius 3 is 3.14 bits per heavy atom. The molecule has 0 radical (unpaired) electrons. The van der Waals surface area contributed by atoms with Crippen molar-refractivity contribution < 1.29 is 4.79 Å². The summed E-state index contributed by atoms with van der Waals surface area (Å²) in [4.78, 5) is 14.3. The van der Waals surface area contributed by atoms with Gasteiger partial charge in [0.2, 0.25) is 5.91 Å². The zero-order valence-electron chi connectivity index (χ0n) is 12.6. The van der Waals surface area contributed by atoms with Crippen LogP contribution in [0, 0.1) is 17.2 Å². The van der Waals surface area contributed by atoms with E-state index in [2.05, 4.69) is 23.2 Å². The molecule has 21 heavy (non-hydrogen) atoms. The monoisotopic (exact) mass is 285 g/mol. The smallest absolute Gasteiger partial charge is 0.225 e. The van der Waals surface area contributed by atoms with E-state index in [1.807, 2.05) is 6.07 Å². The molecule has 1 aliphatic rings. The molecule has 1 aliphatic heterocycles. The van der Waals surface area contributed by atoms with Gasteiger partial charge in [-0.3, -0.25) is 4.79 Å². The van der Waals surface area contributed by atoms with Crippen LogP contribution in [0.2, 0.25) is 0 Å². The molecule has 0 spiro atoms. The number of carbonyl (C=O) groups is 1. The van der Waals surface area contributed by atoms with Crippen LogP contribution in [0.4, 0.5) is 5.69 Å². The lowest BCUT2D eigenvalue weighted by Gasteiger charge is -2.15. The Kier molecular flexibility index (Phi) is 5.77. The average molecular weight is 285 g/mol. The van der Waals surface area contributed by atoms with Gasteiger partial charge in [0.05, 0.1) is 11.6 Å². The molecule has 1 aromatic rings. The normalized spacial score (nSPS) is 18.4. The molecule has 1 aromatic carbocycles. The minimum absolute atomic E-state index is 0.0176. The molecular weight excluding hydrogens is 262 g/mol. The van der Waals surface area contributed by atoms with Crippen molar-refractivity contribution in [2.75, 3.05) is 25.0 Å². The zero-order chi connectivity index (χ0) is 15.1. The van der Waals surface area contributed by atoms with Crippen LogP contribution in [0.25, 0.3) is 0 Å². The molecule has 1 atom stereocenters. The quantitative estimate of drug-likeness (QED) is 0.874. The Labute approximate surface area is 126 Å². The van der Waals surface area contributed by atoms with Gasteiger partial charge in [-0.15, -0.1) is 0 Å². The van der Waals surface area contributed by atoms with Crippen molar-refractivity contribution in [1.82, 2.24) is 4.90 Å². The summed E-state index contributed by atoms with van der Waals surface area (Å²) in [5.41, 5.74) is 1.26. The average Bonchev–Trinajstić information content (AvgIpc) is 2.93. The van der Waals surface area contributed by atoms with E-state index in [1.54, 1.807) is 18.2 Å². The van der Waals surface area contributed by atoms with Crippen LogP contribution in [0.5, 0.6) is 0 Å². The number of likely N-dealkylation sites (tertiary alicyclic amines) is 1. The van der Waals surface area contributed by atoms with Gasteiger partial charge in [0, 0.05) is 25.2 Å². The highest BCUT2D eigenvalue weighted by Gasteiger charge is 2.21. The molecule has 1 saturated heterocycles. The van der Waals surface area contributed by atoms with E-state index in [9.17, 15) is 4.79 Å². The summed E-state index contributed by atoms with van der Waals surface area (Å²) in [6, 6.07) is 9.10. The van der Waals surface area contributed by atoms with Gasteiger partial charge in [-0.25, -0.2) is 0 Å². The second kappa shape index (κ2) is 7.80. The Bertz CT molecular complexity index is 521. The molecule has 4 nitrogen and oxygen atoms in total. The van der Waals surface area contributed by atoms with Gasteiger partial charge >= 0.3 is 0 Å². The van der Waals surface area contributed by atoms with Gasteiger partial charge in [0.25, 0.3) is 0 Å². The zero-order valence-corrected chi connectivity index (χ0v) is 12.6. The predicted octanol–water partition coefficient (Wildman–Crippen LogP) is 3.01. The number of carbonyl (C=O) groups excluding carboxylic acids is 1. The second-order valence-electron chi connectivity index (χ2n) is 5.73. The Morgan fingerprint density at radius 1 is 1.52 bits per heavy atom. The van der Waals surface area contributed by atoms with Crippen LogP contribution in [0.1, 0.15) is 38.2 Å². The first kappa shape index (κ1) is 15.5. The van der Waals surface area contributed by atoms with Crippen LogP contribution < -0.4 is 5.32 Å². The van der Waals surface area contributed by atoms with Crippen molar-refractivity contribution in [2.45, 2.75) is 32.6 Å². The summed E-state index contributed by atoms with van der Waals surface area (Å²) in [5, 5.41) is 11.7. The maximum Gasteiger partial charge on any atom is 0.225 e. The number of nitriles is 1. The molecule has 112 valence electrons. The van der Waals surface area contributed by atoms with Crippen LogP contribution >= 0.6 is 0 Å². The molecular formula is C17H23N3O. The summed E-state index contributed by atoms with van der Waals surface area (Å²) in [6.45, 7) is 5.29. The Hall–Kier alpha value is -1.86. The van der Waals surface area contributed by atoms with Gasteiger partial charge in [0.1, 0.15) is 0 Å². The fourth-order valence-electron chi connectivity index (χ4n) is 2.91. The largest absolute Gasteiger partial charge is 0.326 e. The van der Waals surface area contributed by atoms with Crippen molar-refractivity contribution in [2.24, 2.45) is 5.92 Å². The van der Waals surface area contributed by atoms with Crippen LogP contribution in [0.15, 0.2) is 24.3 Å². The molecule has 1 fully saturated rings. The highest BCUT2D eigenvalue weighted by molar-refractivity contribution is 5.90. The molecule has 1 amide bonds. The number of nitrogens with one attached hydrogen (secondary N) is 1. The minimum atomic E-state index is 0.0176. The highest BCUT2D eigenvalue weighted by Crippen LogP contribution is 2.20. The molecule has 0 bridgehead atoms. The van der Waals surface area contributed by atoms with Gasteiger partial charge in [-0.05, 0) is 43.5 Å². The maximum absolute atomic E-state index is 12.0. The first-order chi connectivity index (χ1) is 10.2. The fraction of sp³-hybridized carbons (Fsp3) is 0.529. The van der Waals surface area contributed by atoms with E-state index in [0.717, 1.165) is 25.6 Å². The van der Waals surface area contributed by atoms with E-state index in [-0.39, 0.29) is 5.91 Å². The van der Waals surface area contributed by atoms with Gasteiger partial charge < -0.3 is 10.2 Å². The Balaban J connectivity index is 1.74. The standard InChI is InChI=1S/C17H23N3O/c1-2-4-14-7-9-20(13-14)10-8-17(21)19-16-6-3-5-15(11-16)12-18/h3,5-6,11,14H,2,4,7-10,13H2,1H3,(H,19,21). The molecule has 1 heterocycles. The first-order valence-electron chi connectivity index (χ1n) is 7.73. The molecule has 0 aromatic heterocycles. The topological polar surface area (TPSA) is 56.1 Å². The van der Waals surface area contributed by atoms with E-state index in [0.29, 0.717) is 17.7 Å². The molecule has 4 heteroatoms. The third kappa shape index (κ3) is 4.87. The van der Waals surface area contributed by atoms with Gasteiger partial charge in [-0.2, -0.15) is 5.26 Å². The third-order valence-corrected chi connectivity index (χ3v) is 4.00. The van der Waals surface area contributed by atoms with E-state index >= 15 is 0 Å². The van der Waals surface area contributed by atoms with Crippen molar-refractivity contribution in [3.8, 4) is 6.07 Å². The van der Waals surface area contributed by atoms with E-state index in [1.165, 1.54) is 19.3 Å². The summed E-state index contributed by atoms with van der Waals surface area (Å²) in [7, 11) is 0.